The monoisotopic (exact) mass is 159 g/mol. The number of rotatable bonds is 2. The first-order chi connectivity index (χ1) is 5.77. The fourth-order valence-electron chi connectivity index (χ4n) is 0.805. The van der Waals surface area contributed by atoms with Gasteiger partial charge >= 0.3 is 0 Å². The van der Waals surface area contributed by atoms with Crippen molar-refractivity contribution in [3.63, 3.8) is 0 Å². The SMILES string of the molecule is C=CC(N)c1ccc(C#N)nc1. The largest absolute Gasteiger partial charge is 0.321 e. The Bertz CT molecular complexity index is 308. The summed E-state index contributed by atoms with van der Waals surface area (Å²) in [6.45, 7) is 3.56. The molecule has 60 valence electrons. The van der Waals surface area contributed by atoms with Crippen LogP contribution in [0, 0.1) is 11.3 Å². The highest BCUT2D eigenvalue weighted by Crippen LogP contribution is 2.09. The van der Waals surface area contributed by atoms with Gasteiger partial charge < -0.3 is 5.73 Å². The fraction of sp³-hybridized carbons (Fsp3) is 0.111. The Morgan fingerprint density at radius 1 is 1.67 bits per heavy atom. The van der Waals surface area contributed by atoms with E-state index in [1.807, 2.05) is 6.07 Å². The average Bonchev–Trinajstić information content (AvgIpc) is 2.17. The highest BCUT2D eigenvalue weighted by molar-refractivity contribution is 5.26. The molecule has 1 rings (SSSR count). The molecule has 0 saturated carbocycles. The zero-order chi connectivity index (χ0) is 8.97. The molecule has 3 heteroatoms. The van der Waals surface area contributed by atoms with Gasteiger partial charge in [0.1, 0.15) is 11.8 Å². The Morgan fingerprint density at radius 2 is 2.42 bits per heavy atom. The molecule has 1 atom stereocenters. The summed E-state index contributed by atoms with van der Waals surface area (Å²) in [4.78, 5) is 3.88. The lowest BCUT2D eigenvalue weighted by molar-refractivity contribution is 0.902. The van der Waals surface area contributed by atoms with Crippen molar-refractivity contribution >= 4 is 0 Å². The van der Waals surface area contributed by atoms with E-state index in [1.165, 1.54) is 0 Å². The molecule has 0 aromatic carbocycles. The maximum atomic E-state index is 8.46. The number of nitrogens with zero attached hydrogens (tertiary/aromatic N) is 2. The lowest BCUT2D eigenvalue weighted by Crippen LogP contribution is -2.06. The predicted molar refractivity (Wildman–Crippen MR) is 46.1 cm³/mol. The summed E-state index contributed by atoms with van der Waals surface area (Å²) in [7, 11) is 0. The number of pyridine rings is 1. The second kappa shape index (κ2) is 3.65. The van der Waals surface area contributed by atoms with E-state index in [9.17, 15) is 0 Å². The molecule has 3 nitrogen and oxygen atoms in total. The third kappa shape index (κ3) is 1.68. The van der Waals surface area contributed by atoms with Crippen LogP contribution >= 0.6 is 0 Å². The maximum Gasteiger partial charge on any atom is 0.140 e. The molecule has 0 saturated heterocycles. The number of nitriles is 1. The van der Waals surface area contributed by atoms with Gasteiger partial charge in [0, 0.05) is 12.2 Å². The molecule has 1 aromatic rings. The van der Waals surface area contributed by atoms with Gasteiger partial charge in [-0.2, -0.15) is 5.26 Å². The smallest absolute Gasteiger partial charge is 0.140 e. The molecular weight excluding hydrogens is 150 g/mol. The highest BCUT2D eigenvalue weighted by atomic mass is 14.7. The van der Waals surface area contributed by atoms with Crippen LogP contribution in [0.4, 0.5) is 0 Å². The van der Waals surface area contributed by atoms with E-state index in [0.717, 1.165) is 5.56 Å². The molecule has 0 fully saturated rings. The van der Waals surface area contributed by atoms with Crippen molar-refractivity contribution < 1.29 is 0 Å². The Kier molecular flexibility index (Phi) is 2.57. The van der Waals surface area contributed by atoms with Crippen LogP contribution in [-0.2, 0) is 0 Å². The Labute approximate surface area is 71.2 Å². The number of aromatic nitrogens is 1. The summed E-state index contributed by atoms with van der Waals surface area (Å²) in [6, 6.07) is 5.14. The summed E-state index contributed by atoms with van der Waals surface area (Å²) in [5.41, 5.74) is 6.91. The highest BCUT2D eigenvalue weighted by Gasteiger charge is 2.00. The normalized spacial score (nSPS) is 11.7. The van der Waals surface area contributed by atoms with Crippen LogP contribution in [0.5, 0.6) is 0 Å². The second-order valence-electron chi connectivity index (χ2n) is 2.35. The maximum absolute atomic E-state index is 8.46. The molecule has 2 N–H and O–H groups in total. The minimum absolute atomic E-state index is 0.203. The van der Waals surface area contributed by atoms with Crippen LogP contribution in [0.25, 0.3) is 0 Å². The summed E-state index contributed by atoms with van der Waals surface area (Å²) in [5.74, 6) is 0. The van der Waals surface area contributed by atoms with Crippen LogP contribution in [-0.4, -0.2) is 4.98 Å². The lowest BCUT2D eigenvalue weighted by Gasteiger charge is -2.04. The fourth-order valence-corrected chi connectivity index (χ4v) is 0.805. The van der Waals surface area contributed by atoms with Gasteiger partial charge in [-0.25, -0.2) is 4.98 Å². The molecule has 1 unspecified atom stereocenters. The Hall–Kier alpha value is -1.66. The topological polar surface area (TPSA) is 62.7 Å². The van der Waals surface area contributed by atoms with Crippen LogP contribution in [0.15, 0.2) is 31.0 Å². The minimum atomic E-state index is -0.203. The summed E-state index contributed by atoms with van der Waals surface area (Å²) in [6.07, 6.45) is 3.22. The van der Waals surface area contributed by atoms with Gasteiger partial charge in [0.25, 0.3) is 0 Å². The summed E-state index contributed by atoms with van der Waals surface area (Å²) < 4.78 is 0. The van der Waals surface area contributed by atoms with E-state index in [1.54, 1.807) is 24.4 Å². The van der Waals surface area contributed by atoms with E-state index in [2.05, 4.69) is 11.6 Å². The summed E-state index contributed by atoms with van der Waals surface area (Å²) >= 11 is 0. The van der Waals surface area contributed by atoms with Gasteiger partial charge in [-0.15, -0.1) is 6.58 Å². The van der Waals surface area contributed by atoms with Gasteiger partial charge in [0.2, 0.25) is 0 Å². The van der Waals surface area contributed by atoms with E-state index in [-0.39, 0.29) is 6.04 Å². The number of hydrogen-bond acceptors (Lipinski definition) is 3. The van der Waals surface area contributed by atoms with Gasteiger partial charge in [-0.1, -0.05) is 12.1 Å². The standard InChI is InChI=1S/C9H9N3/c1-2-9(11)7-3-4-8(5-10)12-6-7/h2-4,6,9H,1,11H2. The Balaban J connectivity index is 2.93. The molecule has 0 amide bonds. The van der Waals surface area contributed by atoms with Crippen molar-refractivity contribution in [3.05, 3.63) is 42.2 Å². The molecular formula is C9H9N3. The van der Waals surface area contributed by atoms with Crippen molar-refractivity contribution in [1.29, 1.82) is 5.26 Å². The van der Waals surface area contributed by atoms with E-state index in [4.69, 9.17) is 11.0 Å². The van der Waals surface area contributed by atoms with Crippen molar-refractivity contribution in [3.8, 4) is 6.07 Å². The third-order valence-corrected chi connectivity index (χ3v) is 1.54. The number of nitrogens with two attached hydrogens (primary N) is 1. The number of hydrogen-bond donors (Lipinski definition) is 1. The van der Waals surface area contributed by atoms with Gasteiger partial charge in [0.15, 0.2) is 0 Å². The first-order valence-electron chi connectivity index (χ1n) is 3.52. The first-order valence-corrected chi connectivity index (χ1v) is 3.52. The molecule has 0 bridgehead atoms. The molecule has 12 heavy (non-hydrogen) atoms. The van der Waals surface area contributed by atoms with Crippen LogP contribution < -0.4 is 5.73 Å². The van der Waals surface area contributed by atoms with E-state index in [0.29, 0.717) is 5.69 Å². The van der Waals surface area contributed by atoms with E-state index < -0.39 is 0 Å². The lowest BCUT2D eigenvalue weighted by atomic mass is 10.1. The molecule has 0 aliphatic rings. The zero-order valence-corrected chi connectivity index (χ0v) is 6.57. The molecule has 1 heterocycles. The van der Waals surface area contributed by atoms with Gasteiger partial charge in [0.05, 0.1) is 0 Å². The van der Waals surface area contributed by atoms with Crippen molar-refractivity contribution in [1.82, 2.24) is 4.98 Å². The summed E-state index contributed by atoms with van der Waals surface area (Å²) in [5, 5.41) is 8.46. The third-order valence-electron chi connectivity index (χ3n) is 1.54. The van der Waals surface area contributed by atoms with Crippen molar-refractivity contribution in [2.45, 2.75) is 6.04 Å². The zero-order valence-electron chi connectivity index (χ0n) is 6.57. The Morgan fingerprint density at radius 3 is 2.83 bits per heavy atom. The van der Waals surface area contributed by atoms with E-state index >= 15 is 0 Å². The van der Waals surface area contributed by atoms with Gasteiger partial charge in [-0.3, -0.25) is 0 Å². The molecule has 1 aromatic heterocycles. The average molecular weight is 159 g/mol. The predicted octanol–water partition coefficient (Wildman–Crippen LogP) is 1.14. The van der Waals surface area contributed by atoms with Crippen molar-refractivity contribution in [2.75, 3.05) is 0 Å². The molecule has 0 radical (unpaired) electrons. The van der Waals surface area contributed by atoms with Crippen molar-refractivity contribution in [2.24, 2.45) is 5.73 Å². The molecule has 0 spiro atoms. The first kappa shape index (κ1) is 8.44. The molecule has 0 aliphatic heterocycles. The van der Waals surface area contributed by atoms with Crippen LogP contribution in [0.3, 0.4) is 0 Å². The van der Waals surface area contributed by atoms with Crippen LogP contribution in [0.2, 0.25) is 0 Å². The molecule has 0 aliphatic carbocycles. The minimum Gasteiger partial charge on any atom is -0.321 e. The second-order valence-corrected chi connectivity index (χ2v) is 2.35. The quantitative estimate of drug-likeness (QED) is 0.658. The van der Waals surface area contributed by atoms with Gasteiger partial charge in [-0.05, 0) is 11.6 Å². The van der Waals surface area contributed by atoms with Crippen LogP contribution in [0.1, 0.15) is 17.3 Å².